The van der Waals surface area contributed by atoms with Crippen LogP contribution in [0.25, 0.3) is 0 Å². The first-order chi connectivity index (χ1) is 7.29. The smallest absolute Gasteiger partial charge is 0.110 e. The molecule has 0 saturated carbocycles. The first-order valence-electron chi connectivity index (χ1n) is 4.96. The van der Waals surface area contributed by atoms with Gasteiger partial charge in [0.2, 0.25) is 0 Å². The SMILES string of the molecule is CC1SCCSC1C(O)c1cnccn1. The van der Waals surface area contributed by atoms with Crippen LogP contribution in [0.1, 0.15) is 18.7 Å². The van der Waals surface area contributed by atoms with Gasteiger partial charge in [0.25, 0.3) is 0 Å². The molecular weight excluding hydrogens is 228 g/mol. The van der Waals surface area contributed by atoms with Crippen molar-refractivity contribution in [2.45, 2.75) is 23.5 Å². The van der Waals surface area contributed by atoms with Crippen LogP contribution < -0.4 is 0 Å². The molecule has 2 heterocycles. The Morgan fingerprint density at radius 2 is 2.20 bits per heavy atom. The van der Waals surface area contributed by atoms with Crippen LogP contribution in [0.3, 0.4) is 0 Å². The first-order valence-corrected chi connectivity index (χ1v) is 7.06. The molecule has 3 unspecified atom stereocenters. The molecule has 3 nitrogen and oxygen atoms in total. The second-order valence-electron chi connectivity index (χ2n) is 3.49. The maximum Gasteiger partial charge on any atom is 0.110 e. The fourth-order valence-electron chi connectivity index (χ4n) is 1.63. The van der Waals surface area contributed by atoms with E-state index in [4.69, 9.17) is 0 Å². The Labute approximate surface area is 98.1 Å². The van der Waals surface area contributed by atoms with Crippen molar-refractivity contribution in [2.75, 3.05) is 11.5 Å². The Kier molecular flexibility index (Phi) is 3.88. The van der Waals surface area contributed by atoms with Gasteiger partial charge in [0.05, 0.1) is 11.9 Å². The molecule has 0 amide bonds. The van der Waals surface area contributed by atoms with Crippen LogP contribution in [0.15, 0.2) is 18.6 Å². The summed E-state index contributed by atoms with van der Waals surface area (Å²) in [5, 5.41) is 10.9. The van der Waals surface area contributed by atoms with Crippen molar-refractivity contribution in [3.05, 3.63) is 24.3 Å². The molecule has 0 spiro atoms. The number of rotatable bonds is 2. The molecule has 82 valence electrons. The van der Waals surface area contributed by atoms with E-state index in [0.717, 1.165) is 5.75 Å². The fraction of sp³-hybridized carbons (Fsp3) is 0.600. The topological polar surface area (TPSA) is 46.0 Å². The largest absolute Gasteiger partial charge is 0.386 e. The minimum atomic E-state index is -0.494. The van der Waals surface area contributed by atoms with Gasteiger partial charge < -0.3 is 5.11 Å². The van der Waals surface area contributed by atoms with E-state index in [9.17, 15) is 5.11 Å². The Bertz CT molecular complexity index is 310. The van der Waals surface area contributed by atoms with Crippen LogP contribution in [-0.4, -0.2) is 37.1 Å². The van der Waals surface area contributed by atoms with E-state index in [-0.39, 0.29) is 5.25 Å². The van der Waals surface area contributed by atoms with Gasteiger partial charge in [0.1, 0.15) is 6.10 Å². The van der Waals surface area contributed by atoms with Crippen molar-refractivity contribution < 1.29 is 5.11 Å². The second kappa shape index (κ2) is 5.18. The summed E-state index contributed by atoms with van der Waals surface area (Å²) in [7, 11) is 0. The van der Waals surface area contributed by atoms with E-state index in [1.165, 1.54) is 5.75 Å². The highest BCUT2D eigenvalue weighted by atomic mass is 32.2. The van der Waals surface area contributed by atoms with Gasteiger partial charge in [-0.3, -0.25) is 9.97 Å². The van der Waals surface area contributed by atoms with Crippen molar-refractivity contribution in [3.63, 3.8) is 0 Å². The van der Waals surface area contributed by atoms with Crippen molar-refractivity contribution in [1.82, 2.24) is 9.97 Å². The average Bonchev–Trinajstić information content (AvgIpc) is 2.30. The normalized spacial score (nSPS) is 28.7. The van der Waals surface area contributed by atoms with Gasteiger partial charge in [-0.2, -0.15) is 23.5 Å². The van der Waals surface area contributed by atoms with E-state index in [2.05, 4.69) is 16.9 Å². The number of aliphatic hydroxyl groups is 1. The maximum atomic E-state index is 10.2. The summed E-state index contributed by atoms with van der Waals surface area (Å²) in [5.41, 5.74) is 0.685. The zero-order valence-electron chi connectivity index (χ0n) is 8.54. The summed E-state index contributed by atoms with van der Waals surface area (Å²) in [5.74, 6) is 2.28. The second-order valence-corrected chi connectivity index (χ2v) is 6.26. The van der Waals surface area contributed by atoms with E-state index in [0.29, 0.717) is 10.9 Å². The van der Waals surface area contributed by atoms with Gasteiger partial charge in [-0.15, -0.1) is 0 Å². The van der Waals surface area contributed by atoms with Crippen molar-refractivity contribution in [3.8, 4) is 0 Å². The number of aliphatic hydroxyl groups excluding tert-OH is 1. The van der Waals surface area contributed by atoms with E-state index < -0.39 is 6.10 Å². The monoisotopic (exact) mass is 242 g/mol. The predicted molar refractivity (Wildman–Crippen MR) is 65.2 cm³/mol. The maximum absolute atomic E-state index is 10.2. The molecule has 5 heteroatoms. The Morgan fingerprint density at radius 1 is 1.40 bits per heavy atom. The van der Waals surface area contributed by atoms with Gasteiger partial charge in [-0.05, 0) is 0 Å². The number of hydrogen-bond donors (Lipinski definition) is 1. The number of thioether (sulfide) groups is 2. The van der Waals surface area contributed by atoms with Gasteiger partial charge in [0, 0.05) is 34.4 Å². The number of hydrogen-bond acceptors (Lipinski definition) is 5. The van der Waals surface area contributed by atoms with E-state index in [1.54, 1.807) is 18.6 Å². The zero-order chi connectivity index (χ0) is 10.7. The Hall–Kier alpha value is -0.260. The molecule has 0 aliphatic carbocycles. The van der Waals surface area contributed by atoms with Crippen LogP contribution in [-0.2, 0) is 0 Å². The third kappa shape index (κ3) is 2.65. The molecule has 3 atom stereocenters. The van der Waals surface area contributed by atoms with Crippen LogP contribution in [0.2, 0.25) is 0 Å². The summed E-state index contributed by atoms with van der Waals surface area (Å²) >= 11 is 3.76. The molecule has 0 bridgehead atoms. The molecule has 1 aromatic heterocycles. The summed E-state index contributed by atoms with van der Waals surface area (Å²) in [4.78, 5) is 8.14. The molecule has 1 saturated heterocycles. The first kappa shape index (κ1) is 11.2. The van der Waals surface area contributed by atoms with Gasteiger partial charge in [-0.1, -0.05) is 6.92 Å². The van der Waals surface area contributed by atoms with Gasteiger partial charge in [-0.25, -0.2) is 0 Å². The average molecular weight is 242 g/mol. The minimum Gasteiger partial charge on any atom is -0.386 e. The molecular formula is C10H14N2OS2. The highest BCUT2D eigenvalue weighted by Crippen LogP contribution is 2.37. The third-order valence-corrected chi connectivity index (χ3v) is 5.61. The van der Waals surface area contributed by atoms with Crippen LogP contribution in [0.4, 0.5) is 0 Å². The van der Waals surface area contributed by atoms with Crippen LogP contribution >= 0.6 is 23.5 Å². The highest BCUT2D eigenvalue weighted by Gasteiger charge is 2.30. The molecule has 1 aliphatic heterocycles. The standard InChI is InChI=1S/C10H14N2OS2/c1-7-10(15-5-4-14-7)9(13)8-6-11-2-3-12-8/h2-3,6-7,9-10,13H,4-5H2,1H3. The summed E-state index contributed by atoms with van der Waals surface area (Å²) in [6.45, 7) is 2.17. The molecule has 1 aromatic rings. The van der Waals surface area contributed by atoms with Crippen LogP contribution in [0, 0.1) is 0 Å². The number of nitrogens with zero attached hydrogens (tertiary/aromatic N) is 2. The summed E-state index contributed by atoms with van der Waals surface area (Å²) in [6, 6.07) is 0. The summed E-state index contributed by atoms with van der Waals surface area (Å²) in [6.07, 6.45) is 4.41. The predicted octanol–water partition coefficient (Wildman–Crippen LogP) is 1.75. The fourth-order valence-corrected chi connectivity index (χ4v) is 4.44. The lowest BCUT2D eigenvalue weighted by Gasteiger charge is -2.31. The lowest BCUT2D eigenvalue weighted by Crippen LogP contribution is -2.29. The summed E-state index contributed by atoms with van der Waals surface area (Å²) < 4.78 is 0. The molecule has 1 fully saturated rings. The quantitative estimate of drug-likeness (QED) is 0.856. The lowest BCUT2D eigenvalue weighted by molar-refractivity contribution is 0.169. The zero-order valence-corrected chi connectivity index (χ0v) is 10.2. The van der Waals surface area contributed by atoms with Gasteiger partial charge in [0.15, 0.2) is 0 Å². The number of aromatic nitrogens is 2. The molecule has 1 aliphatic rings. The lowest BCUT2D eigenvalue weighted by atomic mass is 10.1. The van der Waals surface area contributed by atoms with Crippen molar-refractivity contribution in [1.29, 1.82) is 0 Å². The Balaban J connectivity index is 2.09. The molecule has 1 N–H and O–H groups in total. The van der Waals surface area contributed by atoms with E-state index >= 15 is 0 Å². The van der Waals surface area contributed by atoms with Crippen molar-refractivity contribution in [2.24, 2.45) is 0 Å². The third-order valence-electron chi connectivity index (χ3n) is 2.43. The molecule has 2 rings (SSSR count). The van der Waals surface area contributed by atoms with Gasteiger partial charge >= 0.3 is 0 Å². The Morgan fingerprint density at radius 3 is 2.87 bits per heavy atom. The van der Waals surface area contributed by atoms with E-state index in [1.807, 2.05) is 23.5 Å². The van der Waals surface area contributed by atoms with Crippen molar-refractivity contribution >= 4 is 23.5 Å². The molecule has 0 aromatic carbocycles. The minimum absolute atomic E-state index is 0.237. The molecule has 15 heavy (non-hydrogen) atoms. The van der Waals surface area contributed by atoms with Crippen LogP contribution in [0.5, 0.6) is 0 Å². The molecule has 0 radical (unpaired) electrons. The highest BCUT2D eigenvalue weighted by molar-refractivity contribution is 8.07.